The summed E-state index contributed by atoms with van der Waals surface area (Å²) in [5.74, 6) is -0.410. The van der Waals surface area contributed by atoms with Crippen molar-refractivity contribution >= 4 is 34.2 Å². The Labute approximate surface area is 108 Å². The van der Waals surface area contributed by atoms with Crippen LogP contribution in [0.15, 0.2) is 22.7 Å². The van der Waals surface area contributed by atoms with Crippen molar-refractivity contribution in [2.24, 2.45) is 5.73 Å². The number of amides is 1. The van der Waals surface area contributed by atoms with Gasteiger partial charge in [0.1, 0.15) is 5.82 Å². The first-order valence-corrected chi connectivity index (χ1v) is 5.33. The van der Waals surface area contributed by atoms with Gasteiger partial charge in [0.15, 0.2) is 0 Å². The lowest BCUT2D eigenvalue weighted by Crippen LogP contribution is -2.25. The molecule has 0 saturated heterocycles. The van der Waals surface area contributed by atoms with E-state index in [4.69, 9.17) is 5.73 Å². The maximum absolute atomic E-state index is 12.7. The van der Waals surface area contributed by atoms with Crippen LogP contribution in [-0.4, -0.2) is 12.5 Å². The summed E-state index contributed by atoms with van der Waals surface area (Å²) in [4.78, 5) is 11.1. The number of carbonyl (C=O) groups excluding carboxylic acids is 1. The number of nitrogens with one attached hydrogen (secondary N) is 1. The standard InChI is InChI=1S/C10H12BrFN2O.ClH/c11-9-5-8(12)2-1-7(9)6-14-10(15)3-4-13;/h1-2,5H,3-4,6,13H2,(H,14,15);1H. The van der Waals surface area contributed by atoms with Crippen LogP contribution in [0, 0.1) is 5.82 Å². The number of halogens is 3. The molecule has 0 aliphatic rings. The first kappa shape index (κ1) is 15.3. The Morgan fingerprint density at radius 2 is 2.19 bits per heavy atom. The summed E-state index contributed by atoms with van der Waals surface area (Å²) >= 11 is 3.22. The summed E-state index contributed by atoms with van der Waals surface area (Å²) in [5, 5.41) is 2.69. The molecule has 0 atom stereocenters. The van der Waals surface area contributed by atoms with Crippen molar-refractivity contribution < 1.29 is 9.18 Å². The summed E-state index contributed by atoms with van der Waals surface area (Å²) < 4.78 is 13.4. The summed E-state index contributed by atoms with van der Waals surface area (Å²) in [6, 6.07) is 4.35. The number of nitrogens with two attached hydrogens (primary N) is 1. The van der Waals surface area contributed by atoms with Gasteiger partial charge in [0, 0.05) is 24.0 Å². The summed E-state index contributed by atoms with van der Waals surface area (Å²) in [6.45, 7) is 0.704. The Kier molecular flexibility index (Phi) is 7.29. The van der Waals surface area contributed by atoms with Crippen molar-refractivity contribution in [3.63, 3.8) is 0 Å². The molecular formula is C10H13BrClFN2O. The lowest BCUT2D eigenvalue weighted by Gasteiger charge is -2.06. The van der Waals surface area contributed by atoms with Crippen molar-refractivity contribution in [1.82, 2.24) is 5.32 Å². The third-order valence-electron chi connectivity index (χ3n) is 1.86. The van der Waals surface area contributed by atoms with Gasteiger partial charge in [-0.3, -0.25) is 4.79 Å². The van der Waals surface area contributed by atoms with Crippen LogP contribution >= 0.6 is 28.3 Å². The molecule has 1 amide bonds. The van der Waals surface area contributed by atoms with Crippen molar-refractivity contribution in [1.29, 1.82) is 0 Å². The van der Waals surface area contributed by atoms with Gasteiger partial charge in [-0.15, -0.1) is 12.4 Å². The lowest BCUT2D eigenvalue weighted by molar-refractivity contribution is -0.121. The zero-order valence-corrected chi connectivity index (χ0v) is 10.9. The lowest BCUT2D eigenvalue weighted by atomic mass is 10.2. The van der Waals surface area contributed by atoms with E-state index in [0.717, 1.165) is 5.56 Å². The van der Waals surface area contributed by atoms with Gasteiger partial charge in [0.25, 0.3) is 0 Å². The summed E-state index contributed by atoms with van der Waals surface area (Å²) in [6.07, 6.45) is 0.304. The normalized spacial score (nSPS) is 9.44. The minimum atomic E-state index is -0.307. The second-order valence-corrected chi connectivity index (χ2v) is 3.91. The van der Waals surface area contributed by atoms with Crippen LogP contribution < -0.4 is 11.1 Å². The SMILES string of the molecule is Cl.NCCC(=O)NCc1ccc(F)cc1Br. The minimum absolute atomic E-state index is 0. The molecule has 0 fully saturated rings. The molecule has 1 rings (SSSR count). The van der Waals surface area contributed by atoms with Gasteiger partial charge in [-0.25, -0.2) is 4.39 Å². The fourth-order valence-corrected chi connectivity index (χ4v) is 1.57. The molecule has 90 valence electrons. The molecule has 0 aromatic heterocycles. The van der Waals surface area contributed by atoms with E-state index in [0.29, 0.717) is 24.0 Å². The zero-order chi connectivity index (χ0) is 11.3. The molecule has 16 heavy (non-hydrogen) atoms. The van der Waals surface area contributed by atoms with Crippen LogP contribution in [0.4, 0.5) is 4.39 Å². The van der Waals surface area contributed by atoms with E-state index in [1.165, 1.54) is 12.1 Å². The van der Waals surface area contributed by atoms with Crippen molar-refractivity contribution in [2.45, 2.75) is 13.0 Å². The van der Waals surface area contributed by atoms with Gasteiger partial charge in [0.2, 0.25) is 5.91 Å². The molecule has 6 heteroatoms. The van der Waals surface area contributed by atoms with Crippen LogP contribution in [-0.2, 0) is 11.3 Å². The summed E-state index contributed by atoms with van der Waals surface area (Å²) in [5.41, 5.74) is 6.06. The van der Waals surface area contributed by atoms with Gasteiger partial charge in [-0.05, 0) is 17.7 Å². The van der Waals surface area contributed by atoms with Crippen molar-refractivity contribution in [3.8, 4) is 0 Å². The average molecular weight is 312 g/mol. The largest absolute Gasteiger partial charge is 0.352 e. The highest BCUT2D eigenvalue weighted by Gasteiger charge is 2.03. The molecule has 0 unspecified atom stereocenters. The van der Waals surface area contributed by atoms with Crippen LogP contribution in [0.25, 0.3) is 0 Å². The molecule has 1 aromatic carbocycles. The predicted molar refractivity (Wildman–Crippen MR) is 66.9 cm³/mol. The summed E-state index contributed by atoms with van der Waals surface area (Å²) in [7, 11) is 0. The Bertz CT molecular complexity index is 363. The minimum Gasteiger partial charge on any atom is -0.352 e. The highest BCUT2D eigenvalue weighted by molar-refractivity contribution is 9.10. The van der Waals surface area contributed by atoms with Crippen molar-refractivity contribution in [3.05, 3.63) is 34.1 Å². The molecule has 0 spiro atoms. The Balaban J connectivity index is 0.00000225. The van der Waals surface area contributed by atoms with Gasteiger partial charge < -0.3 is 11.1 Å². The highest BCUT2D eigenvalue weighted by Crippen LogP contribution is 2.17. The fourth-order valence-electron chi connectivity index (χ4n) is 1.08. The van der Waals surface area contributed by atoms with E-state index in [1.54, 1.807) is 6.07 Å². The van der Waals surface area contributed by atoms with Crippen molar-refractivity contribution in [2.75, 3.05) is 6.54 Å². The Hall–Kier alpha value is -0.650. The zero-order valence-electron chi connectivity index (χ0n) is 8.50. The monoisotopic (exact) mass is 310 g/mol. The molecule has 0 radical (unpaired) electrons. The van der Waals surface area contributed by atoms with E-state index in [-0.39, 0.29) is 24.1 Å². The fraction of sp³-hybridized carbons (Fsp3) is 0.300. The quantitative estimate of drug-likeness (QED) is 0.893. The average Bonchev–Trinajstić information content (AvgIpc) is 2.17. The second-order valence-electron chi connectivity index (χ2n) is 3.05. The van der Waals surface area contributed by atoms with E-state index in [9.17, 15) is 9.18 Å². The first-order chi connectivity index (χ1) is 7.13. The topological polar surface area (TPSA) is 55.1 Å². The molecule has 0 aliphatic heterocycles. The van der Waals surface area contributed by atoms with E-state index >= 15 is 0 Å². The first-order valence-electron chi connectivity index (χ1n) is 4.54. The second kappa shape index (κ2) is 7.60. The smallest absolute Gasteiger partial charge is 0.221 e. The van der Waals surface area contributed by atoms with E-state index < -0.39 is 0 Å². The van der Waals surface area contributed by atoms with Crippen LogP contribution in [0.1, 0.15) is 12.0 Å². The number of rotatable bonds is 4. The molecule has 3 nitrogen and oxygen atoms in total. The van der Waals surface area contributed by atoms with Gasteiger partial charge in [-0.2, -0.15) is 0 Å². The number of carbonyl (C=O) groups is 1. The molecule has 0 saturated carbocycles. The predicted octanol–water partition coefficient (Wildman–Crippen LogP) is 1.98. The maximum Gasteiger partial charge on any atom is 0.221 e. The van der Waals surface area contributed by atoms with E-state index in [2.05, 4.69) is 21.2 Å². The van der Waals surface area contributed by atoms with E-state index in [1.807, 2.05) is 0 Å². The highest BCUT2D eigenvalue weighted by atomic mass is 79.9. The van der Waals surface area contributed by atoms with Crippen LogP contribution in [0.2, 0.25) is 0 Å². The molecule has 0 heterocycles. The number of hydrogen-bond donors (Lipinski definition) is 2. The Morgan fingerprint density at radius 1 is 1.50 bits per heavy atom. The molecular weight excluding hydrogens is 298 g/mol. The third-order valence-corrected chi connectivity index (χ3v) is 2.60. The third kappa shape index (κ3) is 4.92. The molecule has 3 N–H and O–H groups in total. The molecule has 1 aromatic rings. The molecule has 0 bridgehead atoms. The molecule has 0 aliphatic carbocycles. The van der Waals surface area contributed by atoms with Gasteiger partial charge in [-0.1, -0.05) is 22.0 Å². The Morgan fingerprint density at radius 3 is 2.75 bits per heavy atom. The number of benzene rings is 1. The van der Waals surface area contributed by atoms with Crippen LogP contribution in [0.5, 0.6) is 0 Å². The number of hydrogen-bond acceptors (Lipinski definition) is 2. The van der Waals surface area contributed by atoms with Gasteiger partial charge in [0.05, 0.1) is 0 Å². The van der Waals surface area contributed by atoms with Gasteiger partial charge >= 0.3 is 0 Å². The maximum atomic E-state index is 12.7. The van der Waals surface area contributed by atoms with Crippen LogP contribution in [0.3, 0.4) is 0 Å².